The number of hydrogen-bond acceptors (Lipinski definition) is 2. The molecule has 1 heterocycles. The van der Waals surface area contributed by atoms with Crippen molar-refractivity contribution in [3.05, 3.63) is 52.3 Å². The zero-order valence-electron chi connectivity index (χ0n) is 12.8. The maximum absolute atomic E-state index is 12.3. The van der Waals surface area contributed by atoms with Crippen molar-refractivity contribution in [3.8, 4) is 0 Å². The molecule has 3 rings (SSSR count). The Bertz CT molecular complexity index is 678. The van der Waals surface area contributed by atoms with Crippen LogP contribution in [0.2, 0.25) is 5.02 Å². The quantitative estimate of drug-likeness (QED) is 0.920. The van der Waals surface area contributed by atoms with Crippen molar-refractivity contribution in [2.75, 3.05) is 0 Å². The van der Waals surface area contributed by atoms with Gasteiger partial charge in [-0.1, -0.05) is 23.7 Å². The largest absolute Gasteiger partial charge is 0.352 e. The Morgan fingerprint density at radius 1 is 1.41 bits per heavy atom. The van der Waals surface area contributed by atoms with Gasteiger partial charge in [0.05, 0.1) is 5.69 Å². The summed E-state index contributed by atoms with van der Waals surface area (Å²) in [5, 5.41) is 8.15. The number of benzene rings is 1. The van der Waals surface area contributed by atoms with Crippen molar-refractivity contribution in [2.24, 2.45) is 5.92 Å². The molecule has 0 bridgehead atoms. The number of aryl methyl sites for hydroxylation is 2. The van der Waals surface area contributed by atoms with Gasteiger partial charge in [0.2, 0.25) is 5.91 Å². The lowest BCUT2D eigenvalue weighted by Gasteiger charge is -2.04. The fourth-order valence-corrected chi connectivity index (χ4v) is 2.90. The van der Waals surface area contributed by atoms with Crippen LogP contribution in [-0.2, 0) is 17.9 Å². The number of carbonyl (C=O) groups excluding carboxylic acids is 1. The van der Waals surface area contributed by atoms with Gasteiger partial charge >= 0.3 is 0 Å². The van der Waals surface area contributed by atoms with Crippen LogP contribution in [0.1, 0.15) is 36.1 Å². The van der Waals surface area contributed by atoms with Crippen molar-refractivity contribution in [1.29, 1.82) is 0 Å². The van der Waals surface area contributed by atoms with E-state index < -0.39 is 0 Å². The summed E-state index contributed by atoms with van der Waals surface area (Å²) < 4.78 is 1.89. The molecule has 1 aliphatic rings. The first-order chi connectivity index (χ1) is 10.6. The number of nitrogens with zero attached hydrogens (tertiary/aromatic N) is 2. The van der Waals surface area contributed by atoms with Gasteiger partial charge in [0, 0.05) is 35.8 Å². The van der Waals surface area contributed by atoms with Gasteiger partial charge in [-0.05, 0) is 43.9 Å². The summed E-state index contributed by atoms with van der Waals surface area (Å²) in [6.45, 7) is 5.42. The molecule has 0 saturated heterocycles. The van der Waals surface area contributed by atoms with Crippen molar-refractivity contribution < 1.29 is 4.79 Å². The first-order valence-corrected chi connectivity index (χ1v) is 8.02. The fraction of sp³-hybridized carbons (Fsp3) is 0.412. The topological polar surface area (TPSA) is 46.9 Å². The lowest BCUT2D eigenvalue weighted by Crippen LogP contribution is -2.25. The van der Waals surface area contributed by atoms with Crippen LogP contribution >= 0.6 is 11.6 Å². The van der Waals surface area contributed by atoms with E-state index in [1.54, 1.807) is 0 Å². The van der Waals surface area contributed by atoms with Gasteiger partial charge in [0.25, 0.3) is 0 Å². The van der Waals surface area contributed by atoms with Gasteiger partial charge in [0.1, 0.15) is 0 Å². The molecule has 2 atom stereocenters. The van der Waals surface area contributed by atoms with Crippen LogP contribution < -0.4 is 5.32 Å². The molecule has 5 heteroatoms. The molecule has 1 N–H and O–H groups in total. The molecule has 1 saturated carbocycles. The highest BCUT2D eigenvalue weighted by Gasteiger charge is 2.43. The first kappa shape index (κ1) is 15.1. The zero-order chi connectivity index (χ0) is 15.7. The van der Waals surface area contributed by atoms with E-state index in [2.05, 4.69) is 17.3 Å². The molecular formula is C17H20ClN3O. The van der Waals surface area contributed by atoms with Crippen molar-refractivity contribution in [3.63, 3.8) is 0 Å². The molecular weight excluding hydrogens is 298 g/mol. The van der Waals surface area contributed by atoms with Crippen LogP contribution in [0.4, 0.5) is 0 Å². The standard InChI is InChI=1S/C17H20ClN3O/c1-3-21-10-13(11(2)20-21)9-19-17(22)16-8-15(16)12-4-6-14(18)7-5-12/h4-7,10,15-16H,3,8-9H2,1-2H3,(H,19,22). The van der Waals surface area contributed by atoms with E-state index in [-0.39, 0.29) is 11.8 Å². The van der Waals surface area contributed by atoms with Crippen molar-refractivity contribution in [1.82, 2.24) is 15.1 Å². The third kappa shape index (κ3) is 3.17. The fourth-order valence-electron chi connectivity index (χ4n) is 2.77. The van der Waals surface area contributed by atoms with Crippen LogP contribution in [0.5, 0.6) is 0 Å². The summed E-state index contributed by atoms with van der Waals surface area (Å²) in [6.07, 6.45) is 2.92. The third-order valence-corrected chi connectivity index (χ3v) is 4.50. The molecule has 0 aliphatic heterocycles. The van der Waals surface area contributed by atoms with E-state index in [0.717, 1.165) is 29.2 Å². The van der Waals surface area contributed by atoms with Crippen LogP contribution in [0, 0.1) is 12.8 Å². The summed E-state index contributed by atoms with van der Waals surface area (Å²) in [5.74, 6) is 0.544. The van der Waals surface area contributed by atoms with Gasteiger partial charge in [-0.25, -0.2) is 0 Å². The minimum atomic E-state index is 0.0858. The number of halogens is 1. The summed E-state index contributed by atoms with van der Waals surface area (Å²) >= 11 is 5.89. The molecule has 1 aromatic heterocycles. The van der Waals surface area contributed by atoms with Gasteiger partial charge in [0.15, 0.2) is 0 Å². The van der Waals surface area contributed by atoms with Crippen molar-refractivity contribution in [2.45, 2.75) is 39.3 Å². The molecule has 2 aromatic rings. The van der Waals surface area contributed by atoms with Gasteiger partial charge < -0.3 is 5.32 Å². The molecule has 116 valence electrons. The second-order valence-electron chi connectivity index (χ2n) is 5.81. The Hall–Kier alpha value is -1.81. The Labute approximate surface area is 135 Å². The number of rotatable bonds is 5. The van der Waals surface area contributed by atoms with Gasteiger partial charge in [-0.15, -0.1) is 0 Å². The summed E-state index contributed by atoms with van der Waals surface area (Å²) in [7, 11) is 0. The maximum atomic E-state index is 12.3. The van der Waals surface area contributed by atoms with E-state index >= 15 is 0 Å². The predicted molar refractivity (Wildman–Crippen MR) is 86.8 cm³/mol. The number of amides is 1. The molecule has 22 heavy (non-hydrogen) atoms. The minimum absolute atomic E-state index is 0.0858. The maximum Gasteiger partial charge on any atom is 0.224 e. The minimum Gasteiger partial charge on any atom is -0.352 e. The van der Waals surface area contributed by atoms with Crippen LogP contribution in [0.25, 0.3) is 0 Å². The summed E-state index contributed by atoms with van der Waals surface area (Å²) in [4.78, 5) is 12.3. The smallest absolute Gasteiger partial charge is 0.224 e. The Morgan fingerprint density at radius 2 is 2.14 bits per heavy atom. The highest BCUT2D eigenvalue weighted by Crippen LogP contribution is 2.47. The molecule has 0 spiro atoms. The monoisotopic (exact) mass is 317 g/mol. The number of carbonyl (C=O) groups is 1. The molecule has 2 unspecified atom stereocenters. The molecule has 0 radical (unpaired) electrons. The number of nitrogens with one attached hydrogen (secondary N) is 1. The highest BCUT2D eigenvalue weighted by atomic mass is 35.5. The Kier molecular flexibility index (Phi) is 4.21. The summed E-state index contributed by atoms with van der Waals surface area (Å²) in [6, 6.07) is 7.78. The van der Waals surface area contributed by atoms with Crippen molar-refractivity contribution >= 4 is 17.5 Å². The molecule has 1 amide bonds. The zero-order valence-corrected chi connectivity index (χ0v) is 13.6. The van der Waals surface area contributed by atoms with Gasteiger partial charge in [-0.2, -0.15) is 5.10 Å². The van der Waals surface area contributed by atoms with E-state index in [4.69, 9.17) is 11.6 Å². The van der Waals surface area contributed by atoms with E-state index in [0.29, 0.717) is 12.5 Å². The second-order valence-corrected chi connectivity index (χ2v) is 6.25. The summed E-state index contributed by atoms with van der Waals surface area (Å²) in [5.41, 5.74) is 3.26. The highest BCUT2D eigenvalue weighted by molar-refractivity contribution is 6.30. The SMILES string of the molecule is CCn1cc(CNC(=O)C2CC2c2ccc(Cl)cc2)c(C)n1. The van der Waals surface area contributed by atoms with E-state index in [9.17, 15) is 4.79 Å². The molecule has 1 aromatic carbocycles. The van der Waals surface area contributed by atoms with Gasteiger partial charge in [-0.3, -0.25) is 9.48 Å². The average Bonchev–Trinajstić information content (AvgIpc) is 3.23. The third-order valence-electron chi connectivity index (χ3n) is 4.25. The lowest BCUT2D eigenvalue weighted by atomic mass is 10.1. The average molecular weight is 318 g/mol. The Balaban J connectivity index is 1.55. The number of hydrogen-bond donors (Lipinski definition) is 1. The molecule has 1 fully saturated rings. The number of aromatic nitrogens is 2. The van der Waals surface area contributed by atoms with E-state index in [1.165, 1.54) is 5.56 Å². The molecule has 1 aliphatic carbocycles. The lowest BCUT2D eigenvalue weighted by molar-refractivity contribution is -0.122. The predicted octanol–water partition coefficient (Wildman–Crippen LogP) is 3.28. The van der Waals surface area contributed by atoms with Crippen LogP contribution in [-0.4, -0.2) is 15.7 Å². The Morgan fingerprint density at radius 3 is 2.77 bits per heavy atom. The first-order valence-electron chi connectivity index (χ1n) is 7.64. The van der Waals surface area contributed by atoms with E-state index in [1.807, 2.05) is 42.1 Å². The van der Waals surface area contributed by atoms with Crippen LogP contribution in [0.15, 0.2) is 30.5 Å². The molecule has 4 nitrogen and oxygen atoms in total. The normalized spacial score (nSPS) is 20.0. The van der Waals surface area contributed by atoms with Crippen LogP contribution in [0.3, 0.4) is 0 Å². The second kappa shape index (κ2) is 6.13.